The van der Waals surface area contributed by atoms with Gasteiger partial charge in [-0.1, -0.05) is 16.8 Å². The third-order valence-corrected chi connectivity index (χ3v) is 3.49. The molecule has 0 unspecified atom stereocenters. The van der Waals surface area contributed by atoms with E-state index in [1.807, 2.05) is 33.0 Å². The molecule has 1 aromatic carbocycles. The third-order valence-electron chi connectivity index (χ3n) is 3.21. The minimum Gasteiger partial charge on any atom is -0.493 e. The van der Waals surface area contributed by atoms with Crippen molar-refractivity contribution in [3.63, 3.8) is 0 Å². The lowest BCUT2D eigenvalue weighted by Crippen LogP contribution is -2.06. The Morgan fingerprint density at radius 1 is 1.33 bits per heavy atom. The zero-order valence-corrected chi connectivity index (χ0v) is 13.4. The SMILES string of the molecule is CNCc1cc(Cl)c(OCc2c(C)noc2C)c(OC)c1. The topological polar surface area (TPSA) is 56.5 Å². The van der Waals surface area contributed by atoms with Crippen LogP contribution in [0.25, 0.3) is 0 Å². The average molecular weight is 311 g/mol. The Bertz CT molecular complexity index is 606. The Morgan fingerprint density at radius 3 is 2.67 bits per heavy atom. The van der Waals surface area contributed by atoms with Gasteiger partial charge < -0.3 is 19.3 Å². The second kappa shape index (κ2) is 6.83. The van der Waals surface area contributed by atoms with Gasteiger partial charge in [0.15, 0.2) is 11.5 Å². The van der Waals surface area contributed by atoms with Crippen LogP contribution in [0, 0.1) is 13.8 Å². The highest BCUT2D eigenvalue weighted by Crippen LogP contribution is 2.37. The Balaban J connectivity index is 2.23. The first-order valence-electron chi connectivity index (χ1n) is 6.62. The molecule has 6 heteroatoms. The standard InChI is InChI=1S/C15H19ClN2O3/c1-9-12(10(2)21-18-9)8-20-15-13(16)5-11(7-17-3)6-14(15)19-4/h5-6,17H,7-8H2,1-4H3. The summed E-state index contributed by atoms with van der Waals surface area (Å²) in [6.45, 7) is 4.78. The number of benzene rings is 1. The minimum atomic E-state index is 0.336. The maximum Gasteiger partial charge on any atom is 0.180 e. The molecule has 0 aliphatic heterocycles. The molecule has 5 nitrogen and oxygen atoms in total. The molecule has 0 saturated carbocycles. The van der Waals surface area contributed by atoms with Gasteiger partial charge in [0, 0.05) is 6.54 Å². The van der Waals surface area contributed by atoms with E-state index in [0.29, 0.717) is 29.7 Å². The fourth-order valence-corrected chi connectivity index (χ4v) is 2.36. The predicted octanol–water partition coefficient (Wildman–Crippen LogP) is 3.25. The monoisotopic (exact) mass is 310 g/mol. The highest BCUT2D eigenvalue weighted by molar-refractivity contribution is 6.32. The summed E-state index contributed by atoms with van der Waals surface area (Å²) in [5, 5.41) is 7.50. The zero-order valence-electron chi connectivity index (χ0n) is 12.6. The zero-order chi connectivity index (χ0) is 15.4. The maximum atomic E-state index is 6.30. The molecule has 1 aromatic heterocycles. The van der Waals surface area contributed by atoms with Gasteiger partial charge >= 0.3 is 0 Å². The van der Waals surface area contributed by atoms with Crippen LogP contribution in [0.2, 0.25) is 5.02 Å². The van der Waals surface area contributed by atoms with Gasteiger partial charge in [-0.15, -0.1) is 0 Å². The molecular formula is C15H19ClN2O3. The number of hydrogen-bond acceptors (Lipinski definition) is 5. The smallest absolute Gasteiger partial charge is 0.180 e. The van der Waals surface area contributed by atoms with Crippen molar-refractivity contribution in [2.24, 2.45) is 0 Å². The number of aryl methyl sites for hydroxylation is 2. The highest BCUT2D eigenvalue weighted by Gasteiger charge is 2.15. The van der Waals surface area contributed by atoms with Crippen LogP contribution in [0.3, 0.4) is 0 Å². The van der Waals surface area contributed by atoms with E-state index >= 15 is 0 Å². The van der Waals surface area contributed by atoms with Gasteiger partial charge in [-0.05, 0) is 38.6 Å². The van der Waals surface area contributed by atoms with Crippen molar-refractivity contribution in [3.8, 4) is 11.5 Å². The Morgan fingerprint density at radius 2 is 2.10 bits per heavy atom. The molecule has 0 aliphatic carbocycles. The van der Waals surface area contributed by atoms with Crippen molar-refractivity contribution < 1.29 is 14.0 Å². The van der Waals surface area contributed by atoms with Crippen molar-refractivity contribution in [2.75, 3.05) is 14.2 Å². The van der Waals surface area contributed by atoms with E-state index in [2.05, 4.69) is 10.5 Å². The Hall–Kier alpha value is -1.72. The van der Waals surface area contributed by atoms with E-state index in [9.17, 15) is 0 Å². The van der Waals surface area contributed by atoms with E-state index < -0.39 is 0 Å². The molecule has 0 saturated heterocycles. The van der Waals surface area contributed by atoms with E-state index in [4.69, 9.17) is 25.6 Å². The van der Waals surface area contributed by atoms with Crippen LogP contribution in [-0.4, -0.2) is 19.3 Å². The number of nitrogens with zero attached hydrogens (tertiary/aromatic N) is 1. The van der Waals surface area contributed by atoms with Gasteiger partial charge in [-0.25, -0.2) is 0 Å². The molecule has 1 heterocycles. The first kappa shape index (κ1) is 15.7. The van der Waals surface area contributed by atoms with Crippen molar-refractivity contribution in [3.05, 3.63) is 39.7 Å². The van der Waals surface area contributed by atoms with Crippen molar-refractivity contribution in [1.29, 1.82) is 0 Å². The largest absolute Gasteiger partial charge is 0.493 e. The van der Waals surface area contributed by atoms with E-state index in [1.165, 1.54) is 0 Å². The summed E-state index contributed by atoms with van der Waals surface area (Å²) in [6.07, 6.45) is 0. The lowest BCUT2D eigenvalue weighted by molar-refractivity contribution is 0.281. The average Bonchev–Trinajstić information content (AvgIpc) is 2.77. The number of rotatable bonds is 6. The van der Waals surface area contributed by atoms with Gasteiger partial charge in [0.25, 0.3) is 0 Å². The van der Waals surface area contributed by atoms with Crippen molar-refractivity contribution in [1.82, 2.24) is 10.5 Å². The van der Waals surface area contributed by atoms with Crippen molar-refractivity contribution >= 4 is 11.6 Å². The summed E-state index contributed by atoms with van der Waals surface area (Å²) in [5.41, 5.74) is 2.77. The van der Waals surface area contributed by atoms with Crippen LogP contribution < -0.4 is 14.8 Å². The molecule has 21 heavy (non-hydrogen) atoms. The summed E-state index contributed by atoms with van der Waals surface area (Å²) >= 11 is 6.30. The van der Waals surface area contributed by atoms with Crippen LogP contribution in [0.1, 0.15) is 22.6 Å². The second-order valence-corrected chi connectivity index (χ2v) is 5.14. The number of halogens is 1. The summed E-state index contributed by atoms with van der Waals surface area (Å²) in [7, 11) is 3.47. The molecule has 0 atom stereocenters. The van der Waals surface area contributed by atoms with Crippen LogP contribution in [0.15, 0.2) is 16.7 Å². The number of methoxy groups -OCH3 is 1. The summed E-state index contributed by atoms with van der Waals surface area (Å²) in [4.78, 5) is 0. The van der Waals surface area contributed by atoms with E-state index in [0.717, 1.165) is 22.6 Å². The lowest BCUT2D eigenvalue weighted by Gasteiger charge is -2.14. The van der Waals surface area contributed by atoms with E-state index in [-0.39, 0.29) is 0 Å². The van der Waals surface area contributed by atoms with Crippen LogP contribution in [0.4, 0.5) is 0 Å². The lowest BCUT2D eigenvalue weighted by atomic mass is 10.2. The van der Waals surface area contributed by atoms with Gasteiger partial charge in [0.2, 0.25) is 0 Å². The molecule has 0 amide bonds. The minimum absolute atomic E-state index is 0.336. The predicted molar refractivity (Wildman–Crippen MR) is 81.1 cm³/mol. The van der Waals surface area contributed by atoms with Crippen LogP contribution >= 0.6 is 11.6 Å². The highest BCUT2D eigenvalue weighted by atomic mass is 35.5. The summed E-state index contributed by atoms with van der Waals surface area (Å²) < 4.78 is 16.3. The Labute approximate surface area is 129 Å². The number of ether oxygens (including phenoxy) is 2. The molecule has 1 N–H and O–H groups in total. The Kier molecular flexibility index (Phi) is 5.09. The first-order valence-corrected chi connectivity index (χ1v) is 7.00. The summed E-state index contributed by atoms with van der Waals surface area (Å²) in [5.74, 6) is 1.88. The molecule has 114 valence electrons. The maximum absolute atomic E-state index is 6.30. The fourth-order valence-electron chi connectivity index (χ4n) is 2.07. The molecular weight excluding hydrogens is 292 g/mol. The first-order chi connectivity index (χ1) is 10.1. The van der Waals surface area contributed by atoms with Gasteiger partial charge in [0.1, 0.15) is 12.4 Å². The molecule has 0 radical (unpaired) electrons. The third kappa shape index (κ3) is 3.49. The molecule has 2 aromatic rings. The van der Waals surface area contributed by atoms with E-state index in [1.54, 1.807) is 7.11 Å². The quantitative estimate of drug-likeness (QED) is 0.887. The number of aromatic nitrogens is 1. The molecule has 2 rings (SSSR count). The molecule has 0 spiro atoms. The van der Waals surface area contributed by atoms with Crippen LogP contribution in [0.5, 0.6) is 11.5 Å². The molecule has 0 bridgehead atoms. The number of nitrogens with one attached hydrogen (secondary N) is 1. The summed E-state index contributed by atoms with van der Waals surface area (Å²) in [6, 6.07) is 3.77. The van der Waals surface area contributed by atoms with Gasteiger partial charge in [-0.3, -0.25) is 0 Å². The molecule has 0 fully saturated rings. The van der Waals surface area contributed by atoms with Gasteiger partial charge in [0.05, 0.1) is 23.4 Å². The fraction of sp³-hybridized carbons (Fsp3) is 0.400. The van der Waals surface area contributed by atoms with Crippen molar-refractivity contribution in [2.45, 2.75) is 27.0 Å². The van der Waals surface area contributed by atoms with Gasteiger partial charge in [-0.2, -0.15) is 0 Å². The van der Waals surface area contributed by atoms with Crippen LogP contribution in [-0.2, 0) is 13.2 Å². The number of hydrogen-bond donors (Lipinski definition) is 1. The second-order valence-electron chi connectivity index (χ2n) is 4.73. The normalized spacial score (nSPS) is 10.7. The molecule has 0 aliphatic rings.